The second kappa shape index (κ2) is 11.2. The van der Waals surface area contributed by atoms with E-state index in [2.05, 4.69) is 92.8 Å². The molecule has 0 radical (unpaired) electrons. The first kappa shape index (κ1) is 25.5. The van der Waals surface area contributed by atoms with E-state index < -0.39 is 0 Å². The molecule has 0 aliphatic heterocycles. The molecule has 2 N–H and O–H groups in total. The maximum atomic E-state index is 12.9. The highest BCUT2D eigenvalue weighted by molar-refractivity contribution is 5.93. The monoisotopic (exact) mass is 546 g/mol. The number of carbonyl (C=O) groups is 1. The number of hydrogen-bond acceptors (Lipinski definition) is 2. The molecule has 0 aliphatic carbocycles. The predicted molar refractivity (Wildman–Crippen MR) is 170 cm³/mol. The topological polar surface area (TPSA) is 62.7 Å². The number of aromatic nitrogens is 3. The van der Waals surface area contributed by atoms with Crippen LogP contribution >= 0.6 is 0 Å². The van der Waals surface area contributed by atoms with Crippen molar-refractivity contribution in [2.24, 2.45) is 0 Å². The van der Waals surface area contributed by atoms with Crippen LogP contribution in [0.15, 0.2) is 134 Å². The van der Waals surface area contributed by atoms with Crippen LogP contribution in [0.25, 0.3) is 44.2 Å². The molecule has 0 atom stereocenters. The molecule has 204 valence electrons. The Balaban J connectivity index is 1.04. The Morgan fingerprint density at radius 2 is 1.55 bits per heavy atom. The molecule has 3 aromatic heterocycles. The van der Waals surface area contributed by atoms with E-state index in [4.69, 9.17) is 0 Å². The van der Waals surface area contributed by atoms with Crippen molar-refractivity contribution in [2.75, 3.05) is 0 Å². The average Bonchev–Trinajstić information content (AvgIpc) is 3.64. The highest BCUT2D eigenvalue weighted by atomic mass is 16.1. The number of amides is 1. The normalized spacial score (nSPS) is 11.2. The number of pyridine rings is 1. The molecule has 0 bridgehead atoms. The third-order valence-electron chi connectivity index (χ3n) is 7.82. The summed E-state index contributed by atoms with van der Waals surface area (Å²) in [5.41, 5.74) is 9.87. The Morgan fingerprint density at radius 3 is 2.38 bits per heavy atom. The number of H-pyrrole nitrogens is 1. The molecule has 0 fully saturated rings. The van der Waals surface area contributed by atoms with Gasteiger partial charge in [-0.05, 0) is 70.3 Å². The van der Waals surface area contributed by atoms with Crippen molar-refractivity contribution < 1.29 is 4.79 Å². The van der Waals surface area contributed by atoms with Gasteiger partial charge in [0.2, 0.25) is 5.91 Å². The lowest BCUT2D eigenvalue weighted by Gasteiger charge is -2.08. The first-order valence-corrected chi connectivity index (χ1v) is 14.2. The van der Waals surface area contributed by atoms with Crippen LogP contribution in [0, 0.1) is 0 Å². The summed E-state index contributed by atoms with van der Waals surface area (Å²) in [5.74, 6) is -0.00344. The van der Waals surface area contributed by atoms with Crippen molar-refractivity contribution >= 4 is 27.7 Å². The van der Waals surface area contributed by atoms with Crippen LogP contribution in [0.3, 0.4) is 0 Å². The molecule has 0 saturated carbocycles. The summed E-state index contributed by atoms with van der Waals surface area (Å²) in [6, 6.07) is 39.8. The summed E-state index contributed by atoms with van der Waals surface area (Å²) in [5, 5.41) is 5.36. The Bertz CT molecular complexity index is 1990. The van der Waals surface area contributed by atoms with Gasteiger partial charge in [-0.25, -0.2) is 0 Å². The van der Waals surface area contributed by atoms with Crippen molar-refractivity contribution in [2.45, 2.75) is 19.5 Å². The highest BCUT2D eigenvalue weighted by Gasteiger charge is 2.11. The van der Waals surface area contributed by atoms with Gasteiger partial charge in [0, 0.05) is 59.0 Å². The van der Waals surface area contributed by atoms with Gasteiger partial charge in [0.15, 0.2) is 0 Å². The Hall–Kier alpha value is -5.42. The van der Waals surface area contributed by atoms with Crippen LogP contribution in [-0.2, 0) is 24.3 Å². The van der Waals surface area contributed by atoms with Crippen LogP contribution in [0.2, 0.25) is 0 Å². The van der Waals surface area contributed by atoms with E-state index in [-0.39, 0.29) is 5.91 Å². The van der Waals surface area contributed by atoms with Crippen LogP contribution < -0.4 is 5.32 Å². The van der Waals surface area contributed by atoms with Crippen molar-refractivity contribution in [3.8, 4) is 22.4 Å². The van der Waals surface area contributed by atoms with Crippen LogP contribution in [-0.4, -0.2) is 20.4 Å². The molecule has 0 spiro atoms. The fraction of sp³-hybridized carbons (Fsp3) is 0.0811. The van der Waals surface area contributed by atoms with Crippen molar-refractivity contribution in [3.63, 3.8) is 0 Å². The number of hydrogen-bond donors (Lipinski definition) is 2. The molecule has 5 heteroatoms. The zero-order chi connectivity index (χ0) is 28.3. The minimum absolute atomic E-state index is 0.00344. The van der Waals surface area contributed by atoms with Crippen molar-refractivity contribution in [3.05, 3.63) is 151 Å². The molecule has 0 aliphatic rings. The highest BCUT2D eigenvalue weighted by Crippen LogP contribution is 2.30. The van der Waals surface area contributed by atoms with E-state index in [0.29, 0.717) is 13.0 Å². The zero-order valence-corrected chi connectivity index (χ0v) is 23.1. The summed E-state index contributed by atoms with van der Waals surface area (Å²) in [7, 11) is 0. The van der Waals surface area contributed by atoms with Gasteiger partial charge in [-0.3, -0.25) is 9.78 Å². The maximum Gasteiger partial charge on any atom is 0.224 e. The Labute approximate surface area is 244 Å². The number of nitrogens with zero attached hydrogens (tertiary/aromatic N) is 2. The largest absolute Gasteiger partial charge is 0.361 e. The number of benzene rings is 4. The zero-order valence-electron chi connectivity index (χ0n) is 23.1. The molecule has 3 heterocycles. The minimum Gasteiger partial charge on any atom is -0.361 e. The van der Waals surface area contributed by atoms with Gasteiger partial charge in [-0.15, -0.1) is 0 Å². The Morgan fingerprint density at radius 1 is 0.762 bits per heavy atom. The van der Waals surface area contributed by atoms with E-state index in [9.17, 15) is 4.79 Å². The summed E-state index contributed by atoms with van der Waals surface area (Å²) in [4.78, 5) is 20.6. The number of fused-ring (bicyclic) bond motifs is 2. The third kappa shape index (κ3) is 5.32. The molecule has 4 aromatic carbocycles. The van der Waals surface area contributed by atoms with E-state index in [0.717, 1.165) is 51.0 Å². The van der Waals surface area contributed by atoms with Gasteiger partial charge < -0.3 is 14.9 Å². The van der Waals surface area contributed by atoms with Gasteiger partial charge >= 0.3 is 0 Å². The minimum atomic E-state index is -0.00344. The number of aromatic amines is 1. The van der Waals surface area contributed by atoms with E-state index in [1.807, 2.05) is 54.7 Å². The van der Waals surface area contributed by atoms with Crippen LogP contribution in [0.5, 0.6) is 0 Å². The van der Waals surface area contributed by atoms with Gasteiger partial charge in [0.05, 0.1) is 12.1 Å². The molecular formula is C37H30N4O. The molecule has 42 heavy (non-hydrogen) atoms. The van der Waals surface area contributed by atoms with Crippen molar-refractivity contribution in [1.29, 1.82) is 0 Å². The molecule has 0 saturated heterocycles. The third-order valence-corrected chi connectivity index (χ3v) is 7.82. The summed E-state index contributed by atoms with van der Waals surface area (Å²) in [6.45, 7) is 1.33. The van der Waals surface area contributed by atoms with Gasteiger partial charge in [0.25, 0.3) is 0 Å². The molecule has 5 nitrogen and oxygen atoms in total. The smallest absolute Gasteiger partial charge is 0.224 e. The lowest BCUT2D eigenvalue weighted by atomic mass is 10.0. The maximum absolute atomic E-state index is 12.9. The fourth-order valence-corrected chi connectivity index (χ4v) is 5.56. The lowest BCUT2D eigenvalue weighted by molar-refractivity contribution is -0.120. The number of nitrogens with one attached hydrogen (secondary N) is 2. The summed E-state index contributed by atoms with van der Waals surface area (Å²) >= 11 is 0. The van der Waals surface area contributed by atoms with Crippen LogP contribution in [0.4, 0.5) is 0 Å². The Kier molecular flexibility index (Phi) is 6.82. The average molecular weight is 547 g/mol. The molecule has 0 unspecified atom stereocenters. The van der Waals surface area contributed by atoms with Gasteiger partial charge in [-0.2, -0.15) is 0 Å². The molecule has 7 aromatic rings. The summed E-state index contributed by atoms with van der Waals surface area (Å²) in [6.07, 6.45) is 6.21. The van der Waals surface area contributed by atoms with E-state index in [1.54, 1.807) is 6.20 Å². The predicted octanol–water partition coefficient (Wildman–Crippen LogP) is 7.76. The molecular weight excluding hydrogens is 516 g/mol. The molecule has 7 rings (SSSR count). The van der Waals surface area contributed by atoms with Gasteiger partial charge in [0.1, 0.15) is 0 Å². The standard InChI is InChI=1S/C37H30N4O/c42-37(40-23-26-9-11-28(12-10-26)34-8-4-5-18-38-34)22-32-24-39-35-15-13-30(21-33(32)35)29-14-16-36-31(20-29)17-19-41(36)25-27-6-2-1-3-7-27/h1-21,24,39H,22-23,25H2,(H,40,42). The first-order valence-electron chi connectivity index (χ1n) is 14.2. The van der Waals surface area contributed by atoms with Crippen LogP contribution in [0.1, 0.15) is 16.7 Å². The molecule has 1 amide bonds. The summed E-state index contributed by atoms with van der Waals surface area (Å²) < 4.78 is 2.29. The SMILES string of the molecule is O=C(Cc1c[nH]c2ccc(-c3ccc4c(ccn4Cc4ccccc4)c3)cc12)NCc1ccc(-c2ccccn2)cc1. The second-order valence-electron chi connectivity index (χ2n) is 10.6. The van der Waals surface area contributed by atoms with E-state index >= 15 is 0 Å². The number of rotatable bonds is 8. The van der Waals surface area contributed by atoms with Gasteiger partial charge in [-0.1, -0.05) is 72.8 Å². The fourth-order valence-electron chi connectivity index (χ4n) is 5.56. The second-order valence-corrected chi connectivity index (χ2v) is 10.6. The lowest BCUT2D eigenvalue weighted by Crippen LogP contribution is -2.24. The quantitative estimate of drug-likeness (QED) is 0.205. The van der Waals surface area contributed by atoms with E-state index in [1.165, 1.54) is 16.5 Å². The van der Waals surface area contributed by atoms with Crippen molar-refractivity contribution in [1.82, 2.24) is 19.9 Å². The number of carbonyl (C=O) groups excluding carboxylic acids is 1. The first-order chi connectivity index (χ1) is 20.7.